The first-order chi connectivity index (χ1) is 11.6. The van der Waals surface area contributed by atoms with Crippen LogP contribution in [-0.2, 0) is 11.2 Å². The smallest absolute Gasteiger partial charge is 0.234 e. The first-order valence-electron chi connectivity index (χ1n) is 8.40. The molecular weight excluding hydrogens is 322 g/mol. The van der Waals surface area contributed by atoms with Gasteiger partial charge in [-0.2, -0.15) is 26.3 Å². The monoisotopic (exact) mass is 347 g/mol. The van der Waals surface area contributed by atoms with Crippen molar-refractivity contribution in [3.63, 3.8) is 0 Å². The molecule has 0 spiro atoms. The highest BCUT2D eigenvalue weighted by molar-refractivity contribution is 7.07. The summed E-state index contributed by atoms with van der Waals surface area (Å²) in [6.07, 6.45) is 4.65. The Labute approximate surface area is 147 Å². The molecule has 1 unspecified atom stereocenters. The van der Waals surface area contributed by atoms with Gasteiger partial charge in [-0.15, -0.1) is 0 Å². The number of hydrogen-bond donors (Lipinski definition) is 2. The molecule has 0 saturated carbocycles. The van der Waals surface area contributed by atoms with Gasteiger partial charge in [0, 0.05) is 12.5 Å². The second-order valence-corrected chi connectivity index (χ2v) is 6.48. The van der Waals surface area contributed by atoms with Crippen LogP contribution in [0.4, 0.5) is 11.9 Å². The van der Waals surface area contributed by atoms with Gasteiger partial charge in [0.15, 0.2) is 0 Å². The number of thiophene rings is 1. The molecule has 0 aliphatic rings. The van der Waals surface area contributed by atoms with Crippen molar-refractivity contribution in [1.82, 2.24) is 15.0 Å². The summed E-state index contributed by atoms with van der Waals surface area (Å²) < 4.78 is 0. The lowest BCUT2D eigenvalue weighted by atomic mass is 10.1. The van der Waals surface area contributed by atoms with Crippen molar-refractivity contribution in [2.75, 3.05) is 10.6 Å². The van der Waals surface area contributed by atoms with Crippen LogP contribution in [-0.4, -0.2) is 26.9 Å². The maximum Gasteiger partial charge on any atom is 0.234 e. The predicted molar refractivity (Wildman–Crippen MR) is 98.4 cm³/mol. The number of nitrogens with one attached hydrogen (secondary N) is 2. The first-order valence-corrected chi connectivity index (χ1v) is 9.35. The molecule has 0 radical (unpaired) electrons. The van der Waals surface area contributed by atoms with E-state index in [1.165, 1.54) is 5.56 Å². The summed E-state index contributed by atoms with van der Waals surface area (Å²) >= 11 is 1.74. The fraction of sp³-hybridized carbons (Fsp3) is 0.529. The second kappa shape index (κ2) is 9.32. The van der Waals surface area contributed by atoms with Crippen molar-refractivity contribution in [3.8, 4) is 0 Å². The number of carbonyl (C=O) groups is 1. The Morgan fingerprint density at radius 3 is 2.71 bits per heavy atom. The van der Waals surface area contributed by atoms with Crippen LogP contribution in [0.3, 0.4) is 0 Å². The summed E-state index contributed by atoms with van der Waals surface area (Å²) in [5, 5.41) is 10.4. The van der Waals surface area contributed by atoms with Gasteiger partial charge in [-0.1, -0.05) is 13.8 Å². The Hall–Kier alpha value is -2.02. The Morgan fingerprint density at radius 1 is 1.25 bits per heavy atom. The largest absolute Gasteiger partial charge is 0.351 e. The fourth-order valence-corrected chi connectivity index (χ4v) is 3.07. The molecule has 7 heteroatoms. The number of amides is 1. The molecule has 2 heterocycles. The molecule has 0 aliphatic heterocycles. The Morgan fingerprint density at radius 2 is 2.04 bits per heavy atom. The van der Waals surface area contributed by atoms with Gasteiger partial charge in [-0.3, -0.25) is 10.1 Å². The molecule has 1 amide bonds. The quantitative estimate of drug-likeness (QED) is 0.721. The molecule has 2 aromatic heterocycles. The molecule has 1 atom stereocenters. The van der Waals surface area contributed by atoms with E-state index in [9.17, 15) is 4.79 Å². The SMILES string of the molecule is CCC(=O)Nc1nc(C)nc(NC(CC)CCCc2ccsc2)n1. The molecular formula is C17H25N5OS. The molecule has 2 aromatic rings. The highest BCUT2D eigenvalue weighted by Gasteiger charge is 2.11. The van der Waals surface area contributed by atoms with Crippen LogP contribution in [0.2, 0.25) is 0 Å². The average molecular weight is 347 g/mol. The van der Waals surface area contributed by atoms with Crippen LogP contribution in [0.5, 0.6) is 0 Å². The van der Waals surface area contributed by atoms with Crippen molar-refractivity contribution in [2.24, 2.45) is 0 Å². The number of anilines is 2. The molecule has 0 fully saturated rings. The number of aromatic nitrogens is 3. The van der Waals surface area contributed by atoms with E-state index in [0.29, 0.717) is 30.2 Å². The van der Waals surface area contributed by atoms with Gasteiger partial charge in [0.2, 0.25) is 17.8 Å². The summed E-state index contributed by atoms with van der Waals surface area (Å²) in [6.45, 7) is 5.74. The van der Waals surface area contributed by atoms with Gasteiger partial charge in [0.1, 0.15) is 5.82 Å². The third-order valence-corrected chi connectivity index (χ3v) is 4.48. The van der Waals surface area contributed by atoms with Crippen LogP contribution in [0.15, 0.2) is 16.8 Å². The molecule has 0 saturated heterocycles. The maximum absolute atomic E-state index is 11.5. The van der Waals surface area contributed by atoms with Crippen LogP contribution in [0, 0.1) is 6.92 Å². The number of rotatable bonds is 9. The third-order valence-electron chi connectivity index (χ3n) is 3.74. The van der Waals surface area contributed by atoms with Crippen molar-refractivity contribution in [1.29, 1.82) is 0 Å². The maximum atomic E-state index is 11.5. The zero-order valence-corrected chi connectivity index (χ0v) is 15.3. The summed E-state index contributed by atoms with van der Waals surface area (Å²) in [4.78, 5) is 24.3. The van der Waals surface area contributed by atoms with Crippen LogP contribution >= 0.6 is 11.3 Å². The van der Waals surface area contributed by atoms with Crippen LogP contribution in [0.25, 0.3) is 0 Å². The highest BCUT2D eigenvalue weighted by atomic mass is 32.1. The minimum Gasteiger partial charge on any atom is -0.351 e. The minimum atomic E-state index is -0.102. The van der Waals surface area contributed by atoms with Gasteiger partial charge in [-0.05, 0) is 55.0 Å². The Bertz CT molecular complexity index is 644. The van der Waals surface area contributed by atoms with E-state index in [4.69, 9.17) is 0 Å². The topological polar surface area (TPSA) is 79.8 Å². The Balaban J connectivity index is 1.92. The molecule has 2 N–H and O–H groups in total. The van der Waals surface area contributed by atoms with Gasteiger partial charge in [-0.25, -0.2) is 0 Å². The van der Waals surface area contributed by atoms with Crippen molar-refractivity contribution < 1.29 is 4.79 Å². The zero-order chi connectivity index (χ0) is 17.4. The highest BCUT2D eigenvalue weighted by Crippen LogP contribution is 2.14. The van der Waals surface area contributed by atoms with Crippen LogP contribution in [0.1, 0.15) is 50.9 Å². The van der Waals surface area contributed by atoms with Gasteiger partial charge in [0.05, 0.1) is 0 Å². The van der Waals surface area contributed by atoms with Crippen molar-refractivity contribution in [3.05, 3.63) is 28.2 Å². The summed E-state index contributed by atoms with van der Waals surface area (Å²) in [7, 11) is 0. The van der Waals surface area contributed by atoms with Crippen LogP contribution < -0.4 is 10.6 Å². The summed E-state index contributed by atoms with van der Waals surface area (Å²) in [6, 6.07) is 2.48. The van der Waals surface area contributed by atoms with Gasteiger partial charge in [0.25, 0.3) is 0 Å². The molecule has 0 bridgehead atoms. The minimum absolute atomic E-state index is 0.102. The first kappa shape index (κ1) is 18.3. The molecule has 2 rings (SSSR count). The van der Waals surface area contributed by atoms with E-state index in [1.54, 1.807) is 25.2 Å². The van der Waals surface area contributed by atoms with E-state index in [0.717, 1.165) is 25.7 Å². The van der Waals surface area contributed by atoms with E-state index in [1.807, 2.05) is 0 Å². The Kier molecular flexibility index (Phi) is 7.11. The van der Waals surface area contributed by atoms with Crippen molar-refractivity contribution in [2.45, 2.75) is 58.9 Å². The zero-order valence-electron chi connectivity index (χ0n) is 14.5. The number of carbonyl (C=O) groups excluding carboxylic acids is 1. The van der Waals surface area contributed by atoms with E-state index in [2.05, 4.69) is 49.3 Å². The van der Waals surface area contributed by atoms with Gasteiger partial charge < -0.3 is 5.32 Å². The van der Waals surface area contributed by atoms with Gasteiger partial charge >= 0.3 is 0 Å². The normalized spacial score (nSPS) is 12.0. The summed E-state index contributed by atoms with van der Waals surface area (Å²) in [5.41, 5.74) is 1.40. The second-order valence-electron chi connectivity index (χ2n) is 5.70. The predicted octanol–water partition coefficient (Wildman–Crippen LogP) is 3.80. The lowest BCUT2D eigenvalue weighted by Gasteiger charge is -2.17. The molecule has 6 nitrogen and oxygen atoms in total. The third kappa shape index (κ3) is 5.88. The summed E-state index contributed by atoms with van der Waals surface area (Å²) in [5.74, 6) is 1.32. The lowest BCUT2D eigenvalue weighted by Crippen LogP contribution is -2.22. The molecule has 0 aliphatic carbocycles. The lowest BCUT2D eigenvalue weighted by molar-refractivity contribution is -0.115. The van der Waals surface area contributed by atoms with E-state index < -0.39 is 0 Å². The van der Waals surface area contributed by atoms with E-state index in [-0.39, 0.29) is 5.91 Å². The standard InChI is InChI=1S/C17H25N5OS/c1-4-14(8-6-7-13-9-10-24-11-13)20-16-18-12(3)19-17(22-16)21-15(23)5-2/h9-11,14H,4-8H2,1-3H3,(H2,18,19,20,21,22,23). The average Bonchev–Trinajstić information content (AvgIpc) is 3.06. The molecule has 0 aromatic carbocycles. The number of hydrogen-bond acceptors (Lipinski definition) is 6. The molecule has 24 heavy (non-hydrogen) atoms. The number of nitrogens with zero attached hydrogens (tertiary/aromatic N) is 3. The van der Waals surface area contributed by atoms with E-state index >= 15 is 0 Å². The fourth-order valence-electron chi connectivity index (χ4n) is 2.36. The van der Waals surface area contributed by atoms with Crippen molar-refractivity contribution >= 4 is 29.1 Å². The number of aryl methyl sites for hydroxylation is 2. The molecule has 130 valence electrons.